The van der Waals surface area contributed by atoms with Gasteiger partial charge in [-0.15, -0.1) is 5.92 Å². The first kappa shape index (κ1) is 53.4. The second-order valence-electron chi connectivity index (χ2n) is 35.0. The number of ether oxygens (including phenoxy) is 2. The second-order valence-corrected chi connectivity index (χ2v) is 35.0. The molecule has 3 saturated heterocycles. The number of carbonyl (C=O) groups excluding carboxylic acids is 2. The number of nitrogens with zero attached hydrogens (tertiary/aromatic N) is 2. The van der Waals surface area contributed by atoms with Crippen LogP contribution in [0.4, 0.5) is 0 Å². The zero-order valence-corrected chi connectivity index (χ0v) is 52.9. The van der Waals surface area contributed by atoms with Gasteiger partial charge < -0.3 is 25.2 Å². The highest BCUT2D eigenvalue weighted by Gasteiger charge is 2.94. The molecule has 0 radical (unpaired) electrons. The first-order valence-electron chi connectivity index (χ1n) is 37.7. The molecule has 1 aromatic rings. The van der Waals surface area contributed by atoms with Crippen LogP contribution < -0.4 is 5.73 Å². The molecule has 7 aliphatic heterocycles. The van der Waals surface area contributed by atoms with Crippen molar-refractivity contribution in [1.82, 2.24) is 9.80 Å². The third-order valence-corrected chi connectivity index (χ3v) is 33.3. The number of benzene rings is 1. The molecule has 14 aliphatic carbocycles. The van der Waals surface area contributed by atoms with Crippen molar-refractivity contribution in [1.29, 1.82) is 0 Å². The number of rotatable bonds is 5. The molecule has 3 N–H and O–H groups in total. The molecule has 8 saturated carbocycles. The molecular formula is C80H99N3O5. The fraction of sp³-hybridized carbons (Fsp3) is 0.750. The number of aliphatic hydroxyl groups excluding tert-OH is 1. The molecule has 0 unspecified atom stereocenters. The molecule has 7 heterocycles. The summed E-state index contributed by atoms with van der Waals surface area (Å²) in [5.41, 5.74) is 13.1. The first-order valence-corrected chi connectivity index (χ1v) is 37.7. The maximum Gasteiger partial charge on any atom is 0.339 e. The van der Waals surface area contributed by atoms with Crippen molar-refractivity contribution in [2.75, 3.05) is 19.6 Å². The Bertz CT molecular complexity index is 3480. The standard InChI is InChI=1S/C80H99N3O5/c81-35-12-19-48-18-9-22-60-66(48)72(85)88-80(60)65-40-49(46-14-3-1-4-15-46)24-25-51-36-58-56(47-16-5-2-6-17-47)37-52-38-57-50-26-33-75-45-83-62-23-10-20-54-21-11-30-76(54)31-13-32-77(76)43-53(42-74(77)28-7-8-29-74)63(83)41-64(84)71-78(80)34-27-55(68(51)79(65,78)73(86)87-71)67(58)69(52)82(70(57)75)44-59(62)61(75)39-50/h9,18,22,24-26,33,46-47,49-51,53-54,56-59,61-63,65,67,70,84H,1-8,11-17,19,21,23,27-32,34-45,81H2/b25-24-,71-64+/t49-,50-,51-,53+,54-,56-,57+,58-,59-,61+,62+,63-,65+,67+,70+,75-,76-,77+,78-,79-,80-/m1/s1. The fourth-order valence-electron chi connectivity index (χ4n) is 31.1. The predicted molar refractivity (Wildman–Crippen MR) is 338 cm³/mol. The third kappa shape index (κ3) is 6.01. The Balaban J connectivity index is 0.854. The molecule has 21 aliphatic rings. The molecular weight excluding hydrogens is 1080 g/mol. The molecule has 12 bridgehead atoms. The normalized spacial score (nSPS) is 51.0. The van der Waals surface area contributed by atoms with Crippen molar-refractivity contribution >= 4 is 11.9 Å². The van der Waals surface area contributed by atoms with E-state index in [0.717, 1.165) is 62.2 Å². The molecule has 7 spiro atoms. The Morgan fingerprint density at radius 1 is 0.750 bits per heavy atom. The first-order chi connectivity index (χ1) is 43.1. The highest BCUT2D eigenvalue weighted by Crippen LogP contribution is 2.89. The Kier molecular flexibility index (Phi) is 11.1. The fourth-order valence-corrected chi connectivity index (χ4v) is 31.1. The number of carbonyl (C=O) groups is 2. The van der Waals surface area contributed by atoms with Crippen molar-refractivity contribution in [3.8, 4) is 11.8 Å². The second kappa shape index (κ2) is 18.2. The lowest BCUT2D eigenvalue weighted by Crippen LogP contribution is -2.78. The van der Waals surface area contributed by atoms with Crippen molar-refractivity contribution in [3.63, 3.8) is 0 Å². The third-order valence-electron chi connectivity index (χ3n) is 33.3. The number of hydrogen-bond donors (Lipinski definition) is 2. The van der Waals surface area contributed by atoms with E-state index in [2.05, 4.69) is 64.1 Å². The summed E-state index contributed by atoms with van der Waals surface area (Å²) in [6, 6.07) is 7.42. The lowest BCUT2D eigenvalue weighted by molar-refractivity contribution is -0.282. The van der Waals surface area contributed by atoms with Gasteiger partial charge in [-0.2, -0.15) is 0 Å². The van der Waals surface area contributed by atoms with E-state index >= 15 is 9.59 Å². The molecule has 22 rings (SSSR count). The van der Waals surface area contributed by atoms with Gasteiger partial charge >= 0.3 is 11.9 Å². The molecule has 8 heteroatoms. The molecule has 11 fully saturated rings. The summed E-state index contributed by atoms with van der Waals surface area (Å²) in [7, 11) is 0. The van der Waals surface area contributed by atoms with Gasteiger partial charge in [-0.25, -0.2) is 4.79 Å². The van der Waals surface area contributed by atoms with Crippen LogP contribution in [0.25, 0.3) is 0 Å². The van der Waals surface area contributed by atoms with Gasteiger partial charge in [0, 0.05) is 78.5 Å². The summed E-state index contributed by atoms with van der Waals surface area (Å²) in [5.74, 6) is 15.0. The van der Waals surface area contributed by atoms with Crippen LogP contribution in [0, 0.1) is 127 Å². The van der Waals surface area contributed by atoms with Crippen LogP contribution in [-0.2, 0) is 26.3 Å². The summed E-state index contributed by atoms with van der Waals surface area (Å²) in [5, 5.41) is 14.6. The van der Waals surface area contributed by atoms with Crippen LogP contribution in [0.2, 0.25) is 0 Å². The van der Waals surface area contributed by atoms with Gasteiger partial charge in [-0.05, 0) is 227 Å². The highest BCUT2D eigenvalue weighted by atomic mass is 16.6. The number of allylic oxidation sites excluding steroid dienone is 5. The van der Waals surface area contributed by atoms with E-state index in [1.165, 1.54) is 166 Å². The lowest BCUT2D eigenvalue weighted by atomic mass is 9.27. The smallest absolute Gasteiger partial charge is 0.339 e. The number of aliphatic hydroxyl groups is 1. The zero-order chi connectivity index (χ0) is 58.1. The number of nitrogens with two attached hydrogens (primary N) is 1. The van der Waals surface area contributed by atoms with Crippen molar-refractivity contribution in [2.24, 2.45) is 121 Å². The number of fused-ring (bicyclic) bond motifs is 7. The van der Waals surface area contributed by atoms with Gasteiger partial charge in [-0.3, -0.25) is 9.69 Å². The average molecular weight is 1180 g/mol. The maximum atomic E-state index is 17.3. The number of piperidine rings is 2. The topological polar surface area (TPSA) is 105 Å². The van der Waals surface area contributed by atoms with E-state index in [1.54, 1.807) is 11.3 Å². The summed E-state index contributed by atoms with van der Waals surface area (Å²) >= 11 is 0. The Morgan fingerprint density at radius 2 is 1.58 bits per heavy atom. The highest BCUT2D eigenvalue weighted by molar-refractivity contribution is 6.00. The van der Waals surface area contributed by atoms with E-state index < -0.39 is 16.4 Å². The van der Waals surface area contributed by atoms with Gasteiger partial charge in [0.1, 0.15) is 11.2 Å². The number of aryl methyl sites for hydroxylation is 1. The lowest BCUT2D eigenvalue weighted by Gasteiger charge is -2.75. The van der Waals surface area contributed by atoms with Gasteiger partial charge in [0.15, 0.2) is 11.4 Å². The molecule has 0 amide bonds. The van der Waals surface area contributed by atoms with Crippen LogP contribution in [0.1, 0.15) is 227 Å². The molecule has 464 valence electrons. The quantitative estimate of drug-likeness (QED) is 0.171. The number of hydrogen-bond acceptors (Lipinski definition) is 8. The Morgan fingerprint density at radius 3 is 2.43 bits per heavy atom. The van der Waals surface area contributed by atoms with E-state index in [-0.39, 0.29) is 63.9 Å². The van der Waals surface area contributed by atoms with E-state index in [0.29, 0.717) is 108 Å². The summed E-state index contributed by atoms with van der Waals surface area (Å²) in [6.07, 6.45) is 50.1. The van der Waals surface area contributed by atoms with Crippen molar-refractivity contribution < 1.29 is 24.2 Å². The van der Waals surface area contributed by atoms with Gasteiger partial charge in [-0.1, -0.05) is 131 Å². The van der Waals surface area contributed by atoms with Gasteiger partial charge in [0.05, 0.1) is 11.0 Å². The molecule has 0 aromatic heterocycles. The van der Waals surface area contributed by atoms with Crippen LogP contribution in [-0.4, -0.2) is 64.6 Å². The molecule has 1 aromatic carbocycles. The van der Waals surface area contributed by atoms with Crippen LogP contribution in [0.3, 0.4) is 0 Å². The van der Waals surface area contributed by atoms with Gasteiger partial charge in [0.25, 0.3) is 0 Å². The van der Waals surface area contributed by atoms with E-state index in [9.17, 15) is 5.11 Å². The summed E-state index contributed by atoms with van der Waals surface area (Å²) in [6.45, 7) is 2.73. The van der Waals surface area contributed by atoms with E-state index in [1.807, 2.05) is 5.57 Å². The molecule has 88 heavy (non-hydrogen) atoms. The van der Waals surface area contributed by atoms with Crippen LogP contribution in [0.15, 0.2) is 76.4 Å². The monoisotopic (exact) mass is 1180 g/mol. The summed E-state index contributed by atoms with van der Waals surface area (Å²) in [4.78, 5) is 39.4. The SMILES string of the molecule is NCCCc1cccc2c1C(=O)O[C@@]21[C@H]2C[C@H](C3CCCCC3)/C=C\[C@@H]3C[C@H]4[C@@H]5C6=C3[C@@]23C(=O)O/C(=C(/O)C[C@@H]2[C@H]7CC8(CCCC8)[C@]8(CCC[C@@]89CCC[C@H]9C#CC[C@H]8[C@@H]9CN%10C5=C(C[C@H]5[C@@H]%11C=C[C@](CN28)([C@H]5%10)[C@H]9C%11)C[C@@H]4C2CCCCC2)C7)[C@]31CC6. The minimum Gasteiger partial charge on any atom is -0.509 e. The van der Waals surface area contributed by atoms with E-state index in [4.69, 9.17) is 15.2 Å². The molecule has 8 nitrogen and oxygen atoms in total. The molecule has 21 atom stereocenters. The maximum absolute atomic E-state index is 17.3. The Labute approximate surface area is 524 Å². The van der Waals surface area contributed by atoms with Crippen LogP contribution in [0.5, 0.6) is 0 Å². The number of esters is 2. The Hall–Kier alpha value is -4.06. The minimum atomic E-state index is -1.17. The largest absolute Gasteiger partial charge is 0.509 e. The average Bonchev–Trinajstić information content (AvgIpc) is 1.31. The van der Waals surface area contributed by atoms with Crippen molar-refractivity contribution in [3.05, 3.63) is 93.1 Å². The van der Waals surface area contributed by atoms with Crippen molar-refractivity contribution in [2.45, 2.75) is 236 Å². The summed E-state index contributed by atoms with van der Waals surface area (Å²) < 4.78 is 15.3. The minimum absolute atomic E-state index is 0.0268. The zero-order valence-electron chi connectivity index (χ0n) is 52.9. The van der Waals surface area contributed by atoms with Gasteiger partial charge in [0.2, 0.25) is 0 Å². The predicted octanol–water partition coefficient (Wildman–Crippen LogP) is 15.5. The van der Waals surface area contributed by atoms with Crippen LogP contribution >= 0.6 is 0 Å².